The molecule has 0 aliphatic carbocycles. The maximum Gasteiger partial charge on any atom is 0.253 e. The molecule has 0 aliphatic rings. The van der Waals surface area contributed by atoms with Gasteiger partial charge < -0.3 is 14.8 Å². The number of benzene rings is 2. The van der Waals surface area contributed by atoms with Gasteiger partial charge in [0.25, 0.3) is 5.91 Å². The summed E-state index contributed by atoms with van der Waals surface area (Å²) in [6, 6.07) is 15.5. The van der Waals surface area contributed by atoms with Crippen LogP contribution in [-0.2, 0) is 16.1 Å². The number of carbonyl (C=O) groups excluding carboxylic acids is 1. The van der Waals surface area contributed by atoms with Crippen molar-refractivity contribution >= 4 is 5.91 Å². The molecule has 1 unspecified atom stereocenters. The van der Waals surface area contributed by atoms with E-state index in [2.05, 4.69) is 5.32 Å². The number of methoxy groups -OCH3 is 1. The van der Waals surface area contributed by atoms with E-state index in [9.17, 15) is 4.79 Å². The summed E-state index contributed by atoms with van der Waals surface area (Å²) in [6.45, 7) is 2.41. The summed E-state index contributed by atoms with van der Waals surface area (Å²) in [5, 5.41) is 2.62. The van der Waals surface area contributed by atoms with E-state index in [1.54, 1.807) is 7.05 Å². The lowest BCUT2D eigenvalue weighted by Gasteiger charge is -2.18. The summed E-state index contributed by atoms with van der Waals surface area (Å²) in [7, 11) is 3.12. The lowest BCUT2D eigenvalue weighted by atomic mass is 10.0. The van der Waals surface area contributed by atoms with E-state index in [-0.39, 0.29) is 5.91 Å². The zero-order valence-electron chi connectivity index (χ0n) is 13.1. The standard InChI is InChI=1S/C18H21NO3/c1-13-7-6-9-15(11-13)22-12-14-8-4-5-10-16(14)17(21-3)18(20)19-2/h4-11,17H,12H2,1-3H3,(H,19,20). The molecule has 2 aromatic rings. The van der Waals surface area contributed by atoms with Gasteiger partial charge in [-0.3, -0.25) is 4.79 Å². The number of nitrogens with one attached hydrogen (secondary N) is 1. The maximum atomic E-state index is 11.9. The molecule has 0 bridgehead atoms. The van der Waals surface area contributed by atoms with Gasteiger partial charge in [-0.15, -0.1) is 0 Å². The van der Waals surface area contributed by atoms with Crippen LogP contribution in [0.25, 0.3) is 0 Å². The van der Waals surface area contributed by atoms with Gasteiger partial charge in [-0.1, -0.05) is 36.4 Å². The van der Waals surface area contributed by atoms with Crippen LogP contribution in [0.2, 0.25) is 0 Å². The highest BCUT2D eigenvalue weighted by molar-refractivity contribution is 5.82. The Morgan fingerprint density at radius 1 is 1.18 bits per heavy atom. The van der Waals surface area contributed by atoms with Gasteiger partial charge in [0.05, 0.1) is 0 Å². The van der Waals surface area contributed by atoms with Crippen LogP contribution >= 0.6 is 0 Å². The number of aryl methyl sites for hydroxylation is 1. The molecule has 1 amide bonds. The van der Waals surface area contributed by atoms with Gasteiger partial charge in [0.2, 0.25) is 0 Å². The molecule has 0 aliphatic heterocycles. The predicted molar refractivity (Wildman–Crippen MR) is 85.8 cm³/mol. The summed E-state index contributed by atoms with van der Waals surface area (Å²) >= 11 is 0. The molecule has 1 atom stereocenters. The van der Waals surface area contributed by atoms with Crippen LogP contribution in [0.15, 0.2) is 48.5 Å². The van der Waals surface area contributed by atoms with Crippen molar-refractivity contribution in [2.45, 2.75) is 19.6 Å². The fourth-order valence-electron chi connectivity index (χ4n) is 2.29. The smallest absolute Gasteiger partial charge is 0.253 e. The van der Waals surface area contributed by atoms with E-state index in [1.807, 2.05) is 55.5 Å². The van der Waals surface area contributed by atoms with Crippen molar-refractivity contribution in [1.82, 2.24) is 5.32 Å². The Kier molecular flexibility index (Phi) is 5.55. The lowest BCUT2D eigenvalue weighted by Crippen LogP contribution is -2.27. The molecular formula is C18H21NO3. The zero-order chi connectivity index (χ0) is 15.9. The van der Waals surface area contributed by atoms with Crippen molar-refractivity contribution in [3.63, 3.8) is 0 Å². The summed E-state index contributed by atoms with van der Waals surface area (Å²) in [6.07, 6.45) is -0.637. The molecule has 0 fully saturated rings. The number of rotatable bonds is 6. The molecule has 0 radical (unpaired) electrons. The van der Waals surface area contributed by atoms with Crippen molar-refractivity contribution in [1.29, 1.82) is 0 Å². The summed E-state index contributed by atoms with van der Waals surface area (Å²) in [5.41, 5.74) is 2.89. The van der Waals surface area contributed by atoms with E-state index in [1.165, 1.54) is 7.11 Å². The van der Waals surface area contributed by atoms with Crippen LogP contribution in [0.5, 0.6) is 5.75 Å². The second-order valence-corrected chi connectivity index (χ2v) is 5.03. The summed E-state index contributed by atoms with van der Waals surface area (Å²) in [5.74, 6) is 0.634. The van der Waals surface area contributed by atoms with Crippen LogP contribution in [-0.4, -0.2) is 20.1 Å². The zero-order valence-corrected chi connectivity index (χ0v) is 13.1. The van der Waals surface area contributed by atoms with E-state index in [0.717, 1.165) is 22.4 Å². The van der Waals surface area contributed by atoms with E-state index in [0.29, 0.717) is 6.61 Å². The molecule has 116 valence electrons. The van der Waals surface area contributed by atoms with Crippen molar-refractivity contribution in [3.05, 3.63) is 65.2 Å². The van der Waals surface area contributed by atoms with Gasteiger partial charge >= 0.3 is 0 Å². The lowest BCUT2D eigenvalue weighted by molar-refractivity contribution is -0.130. The van der Waals surface area contributed by atoms with Gasteiger partial charge in [-0.25, -0.2) is 0 Å². The molecule has 2 aromatic carbocycles. The minimum absolute atomic E-state index is 0.175. The Balaban J connectivity index is 2.19. The molecule has 22 heavy (non-hydrogen) atoms. The van der Waals surface area contributed by atoms with Gasteiger partial charge in [0, 0.05) is 14.2 Å². The summed E-state index contributed by atoms with van der Waals surface area (Å²) in [4.78, 5) is 11.9. The van der Waals surface area contributed by atoms with Gasteiger partial charge in [0.15, 0.2) is 6.10 Å². The number of hydrogen-bond donors (Lipinski definition) is 1. The maximum absolute atomic E-state index is 11.9. The first-order valence-electron chi connectivity index (χ1n) is 7.17. The first-order valence-corrected chi connectivity index (χ1v) is 7.17. The Morgan fingerprint density at radius 3 is 2.64 bits per heavy atom. The van der Waals surface area contributed by atoms with E-state index in [4.69, 9.17) is 9.47 Å². The predicted octanol–water partition coefficient (Wildman–Crippen LogP) is 3.01. The van der Waals surface area contributed by atoms with Crippen molar-refractivity contribution in [2.24, 2.45) is 0 Å². The highest BCUT2D eigenvalue weighted by Crippen LogP contribution is 2.23. The molecule has 0 aromatic heterocycles. The van der Waals surface area contributed by atoms with Crippen molar-refractivity contribution in [3.8, 4) is 5.75 Å². The fourth-order valence-corrected chi connectivity index (χ4v) is 2.29. The normalized spacial score (nSPS) is 11.8. The topological polar surface area (TPSA) is 47.6 Å². The third-order valence-electron chi connectivity index (χ3n) is 3.44. The van der Waals surface area contributed by atoms with Crippen LogP contribution in [0.3, 0.4) is 0 Å². The quantitative estimate of drug-likeness (QED) is 0.892. The second-order valence-electron chi connectivity index (χ2n) is 5.03. The molecule has 0 saturated heterocycles. The minimum atomic E-state index is -0.637. The second kappa shape index (κ2) is 7.61. The third kappa shape index (κ3) is 3.86. The number of hydrogen-bond acceptors (Lipinski definition) is 3. The largest absolute Gasteiger partial charge is 0.489 e. The Labute approximate surface area is 131 Å². The molecular weight excluding hydrogens is 278 g/mol. The Hall–Kier alpha value is -2.33. The molecule has 1 N–H and O–H groups in total. The van der Waals surface area contributed by atoms with Gasteiger partial charge in [0.1, 0.15) is 12.4 Å². The molecule has 0 saturated carbocycles. The highest BCUT2D eigenvalue weighted by Gasteiger charge is 2.21. The monoisotopic (exact) mass is 299 g/mol. The van der Waals surface area contributed by atoms with Gasteiger partial charge in [-0.05, 0) is 35.7 Å². The van der Waals surface area contributed by atoms with Crippen LogP contribution in [0.1, 0.15) is 22.8 Å². The number of ether oxygens (including phenoxy) is 2. The van der Waals surface area contributed by atoms with Gasteiger partial charge in [-0.2, -0.15) is 0 Å². The first-order chi connectivity index (χ1) is 10.7. The molecule has 4 heteroatoms. The molecule has 4 nitrogen and oxygen atoms in total. The fraction of sp³-hybridized carbons (Fsp3) is 0.278. The summed E-state index contributed by atoms with van der Waals surface area (Å²) < 4.78 is 11.2. The SMILES string of the molecule is CNC(=O)C(OC)c1ccccc1COc1cccc(C)c1. The number of likely N-dealkylation sites (N-methyl/N-ethyl adjacent to an activating group) is 1. The first kappa shape index (κ1) is 16.0. The third-order valence-corrected chi connectivity index (χ3v) is 3.44. The van der Waals surface area contributed by atoms with Crippen molar-refractivity contribution in [2.75, 3.05) is 14.2 Å². The minimum Gasteiger partial charge on any atom is -0.489 e. The van der Waals surface area contributed by atoms with E-state index < -0.39 is 6.10 Å². The highest BCUT2D eigenvalue weighted by atomic mass is 16.5. The average molecular weight is 299 g/mol. The molecule has 2 rings (SSSR count). The Morgan fingerprint density at radius 2 is 1.95 bits per heavy atom. The Bertz CT molecular complexity index is 640. The van der Waals surface area contributed by atoms with E-state index >= 15 is 0 Å². The molecule has 0 heterocycles. The average Bonchev–Trinajstić information content (AvgIpc) is 2.54. The van der Waals surface area contributed by atoms with Crippen LogP contribution in [0.4, 0.5) is 0 Å². The number of carbonyl (C=O) groups is 1. The van der Waals surface area contributed by atoms with Crippen LogP contribution in [0, 0.1) is 6.92 Å². The number of amides is 1. The molecule has 0 spiro atoms. The van der Waals surface area contributed by atoms with Crippen LogP contribution < -0.4 is 10.1 Å². The van der Waals surface area contributed by atoms with Crippen molar-refractivity contribution < 1.29 is 14.3 Å².